The zero-order valence-corrected chi connectivity index (χ0v) is 9.86. The van der Waals surface area contributed by atoms with E-state index in [1.165, 1.54) is 6.08 Å². The first-order valence-electron chi connectivity index (χ1n) is 5.45. The topological polar surface area (TPSA) is 29.1 Å². The van der Waals surface area contributed by atoms with Gasteiger partial charge in [0, 0.05) is 12.3 Å². The van der Waals surface area contributed by atoms with Crippen molar-refractivity contribution in [1.82, 2.24) is 5.32 Å². The van der Waals surface area contributed by atoms with E-state index in [2.05, 4.69) is 26.1 Å². The third-order valence-electron chi connectivity index (χ3n) is 1.68. The molecule has 0 aromatic carbocycles. The Morgan fingerprint density at radius 3 is 2.60 bits per heavy atom. The Kier molecular flexibility index (Phi) is 8.44. The Hall–Kier alpha value is -1.31. The van der Waals surface area contributed by atoms with Crippen LogP contribution in [-0.4, -0.2) is 5.91 Å². The number of carbonyl (C=O) groups is 1. The predicted molar refractivity (Wildman–Crippen MR) is 65.3 cm³/mol. The monoisotopic (exact) mass is 207 g/mol. The summed E-state index contributed by atoms with van der Waals surface area (Å²) < 4.78 is 0. The largest absolute Gasteiger partial charge is 0.329 e. The van der Waals surface area contributed by atoms with E-state index in [-0.39, 0.29) is 5.91 Å². The molecule has 1 amide bonds. The molecule has 0 aliphatic heterocycles. The fourth-order valence-electron chi connectivity index (χ4n) is 0.887. The number of nitrogens with one attached hydrogen (secondary N) is 1. The molecule has 15 heavy (non-hydrogen) atoms. The van der Waals surface area contributed by atoms with Crippen LogP contribution in [0.15, 0.2) is 36.6 Å². The SMILES string of the molecule is CC/C=C\C=C/C(=O)N/C=C/CC(C)C. The van der Waals surface area contributed by atoms with Crippen LogP contribution >= 0.6 is 0 Å². The maximum absolute atomic E-state index is 11.2. The van der Waals surface area contributed by atoms with E-state index in [0.29, 0.717) is 5.92 Å². The summed E-state index contributed by atoms with van der Waals surface area (Å²) in [4.78, 5) is 11.2. The van der Waals surface area contributed by atoms with Crippen molar-refractivity contribution in [3.63, 3.8) is 0 Å². The van der Waals surface area contributed by atoms with Crippen molar-refractivity contribution in [2.75, 3.05) is 0 Å². The smallest absolute Gasteiger partial charge is 0.247 e. The average Bonchev–Trinajstić information content (AvgIpc) is 2.19. The minimum absolute atomic E-state index is 0.0873. The zero-order chi connectivity index (χ0) is 11.5. The Bertz CT molecular complexity index is 249. The van der Waals surface area contributed by atoms with E-state index < -0.39 is 0 Å². The normalized spacial score (nSPS) is 12.3. The zero-order valence-electron chi connectivity index (χ0n) is 9.86. The lowest BCUT2D eigenvalue weighted by Gasteiger charge is -1.96. The highest BCUT2D eigenvalue weighted by Crippen LogP contribution is 1.98. The van der Waals surface area contributed by atoms with E-state index in [9.17, 15) is 4.79 Å². The van der Waals surface area contributed by atoms with Crippen LogP contribution in [0, 0.1) is 5.92 Å². The summed E-state index contributed by atoms with van der Waals surface area (Å²) in [6.45, 7) is 6.34. The Morgan fingerprint density at radius 1 is 1.27 bits per heavy atom. The number of hydrogen-bond donors (Lipinski definition) is 1. The highest BCUT2D eigenvalue weighted by Gasteiger charge is 1.89. The van der Waals surface area contributed by atoms with Crippen LogP contribution in [0.5, 0.6) is 0 Å². The lowest BCUT2D eigenvalue weighted by Crippen LogP contribution is -2.13. The molecule has 0 saturated heterocycles. The minimum Gasteiger partial charge on any atom is -0.329 e. The van der Waals surface area contributed by atoms with Crippen LogP contribution in [0.2, 0.25) is 0 Å². The molecule has 84 valence electrons. The fraction of sp³-hybridized carbons (Fsp3) is 0.462. The maximum atomic E-state index is 11.2. The summed E-state index contributed by atoms with van der Waals surface area (Å²) in [5, 5.41) is 2.67. The van der Waals surface area contributed by atoms with E-state index in [4.69, 9.17) is 0 Å². The summed E-state index contributed by atoms with van der Waals surface area (Å²) >= 11 is 0. The van der Waals surface area contributed by atoms with Gasteiger partial charge in [0.15, 0.2) is 0 Å². The maximum Gasteiger partial charge on any atom is 0.247 e. The molecule has 0 fully saturated rings. The molecule has 0 aliphatic carbocycles. The van der Waals surface area contributed by atoms with Gasteiger partial charge in [0.25, 0.3) is 0 Å². The molecule has 2 heteroatoms. The number of hydrogen-bond acceptors (Lipinski definition) is 1. The van der Waals surface area contributed by atoms with E-state index >= 15 is 0 Å². The van der Waals surface area contributed by atoms with Gasteiger partial charge in [-0.05, 0) is 18.8 Å². The van der Waals surface area contributed by atoms with Crippen molar-refractivity contribution in [3.05, 3.63) is 36.6 Å². The van der Waals surface area contributed by atoms with Gasteiger partial charge in [0.2, 0.25) is 5.91 Å². The molecule has 0 radical (unpaired) electrons. The summed E-state index contributed by atoms with van der Waals surface area (Å²) in [6.07, 6.45) is 12.8. The van der Waals surface area contributed by atoms with Crippen molar-refractivity contribution in [3.8, 4) is 0 Å². The Balaban J connectivity index is 3.70. The second-order valence-electron chi connectivity index (χ2n) is 3.74. The van der Waals surface area contributed by atoms with Gasteiger partial charge in [-0.1, -0.05) is 45.1 Å². The van der Waals surface area contributed by atoms with Crippen LogP contribution < -0.4 is 5.32 Å². The molecule has 0 aromatic rings. The lowest BCUT2D eigenvalue weighted by molar-refractivity contribution is -0.115. The van der Waals surface area contributed by atoms with E-state index in [1.54, 1.807) is 12.3 Å². The van der Waals surface area contributed by atoms with Crippen LogP contribution in [0.3, 0.4) is 0 Å². The first-order chi connectivity index (χ1) is 7.16. The van der Waals surface area contributed by atoms with Crippen LogP contribution in [0.4, 0.5) is 0 Å². The Labute approximate surface area is 92.8 Å². The van der Waals surface area contributed by atoms with E-state index in [0.717, 1.165) is 12.8 Å². The molecule has 0 unspecified atom stereocenters. The van der Waals surface area contributed by atoms with Crippen molar-refractivity contribution < 1.29 is 4.79 Å². The van der Waals surface area contributed by atoms with Crippen LogP contribution in [-0.2, 0) is 4.79 Å². The second kappa shape index (κ2) is 9.25. The highest BCUT2D eigenvalue weighted by atomic mass is 16.1. The van der Waals surface area contributed by atoms with Gasteiger partial charge in [0.05, 0.1) is 0 Å². The minimum atomic E-state index is -0.0873. The van der Waals surface area contributed by atoms with Crippen LogP contribution in [0.25, 0.3) is 0 Å². The van der Waals surface area contributed by atoms with Gasteiger partial charge in [-0.25, -0.2) is 0 Å². The molecule has 0 bridgehead atoms. The van der Waals surface area contributed by atoms with Gasteiger partial charge in [0.1, 0.15) is 0 Å². The fourth-order valence-corrected chi connectivity index (χ4v) is 0.887. The molecule has 0 aliphatic rings. The van der Waals surface area contributed by atoms with Crippen LogP contribution in [0.1, 0.15) is 33.6 Å². The molecule has 0 spiro atoms. The summed E-state index contributed by atoms with van der Waals surface area (Å²) in [5.41, 5.74) is 0. The van der Waals surface area contributed by atoms with Gasteiger partial charge in [-0.3, -0.25) is 4.79 Å². The number of rotatable bonds is 6. The molecule has 0 aromatic heterocycles. The second-order valence-corrected chi connectivity index (χ2v) is 3.74. The first-order valence-corrected chi connectivity index (χ1v) is 5.45. The molecule has 0 heterocycles. The molecule has 0 rings (SSSR count). The number of carbonyl (C=O) groups excluding carboxylic acids is 1. The lowest BCUT2D eigenvalue weighted by atomic mass is 10.1. The van der Waals surface area contributed by atoms with Crippen molar-refractivity contribution in [1.29, 1.82) is 0 Å². The molecule has 0 saturated carbocycles. The predicted octanol–water partition coefficient (Wildman–Crippen LogP) is 3.18. The molecule has 0 atom stereocenters. The van der Waals surface area contributed by atoms with E-state index in [1.807, 2.05) is 18.2 Å². The standard InChI is InChI=1S/C13H21NO/c1-4-5-6-7-10-13(15)14-11-8-9-12(2)3/h5-8,10-12H,4,9H2,1-3H3,(H,14,15)/b6-5-,10-7-,11-8+. The molecular formula is C13H21NO. The molecule has 2 nitrogen and oxygen atoms in total. The average molecular weight is 207 g/mol. The van der Waals surface area contributed by atoms with Gasteiger partial charge in [-0.2, -0.15) is 0 Å². The third-order valence-corrected chi connectivity index (χ3v) is 1.68. The Morgan fingerprint density at radius 2 is 2.00 bits per heavy atom. The summed E-state index contributed by atoms with van der Waals surface area (Å²) in [5.74, 6) is 0.539. The quantitative estimate of drug-likeness (QED) is 0.526. The van der Waals surface area contributed by atoms with Crippen molar-refractivity contribution in [2.24, 2.45) is 5.92 Å². The first kappa shape index (κ1) is 13.7. The van der Waals surface area contributed by atoms with Crippen molar-refractivity contribution >= 4 is 5.91 Å². The summed E-state index contributed by atoms with van der Waals surface area (Å²) in [6, 6.07) is 0. The van der Waals surface area contributed by atoms with Crippen molar-refractivity contribution in [2.45, 2.75) is 33.6 Å². The molecule has 1 N–H and O–H groups in total. The van der Waals surface area contributed by atoms with Gasteiger partial charge < -0.3 is 5.32 Å². The van der Waals surface area contributed by atoms with Gasteiger partial charge >= 0.3 is 0 Å². The molecular weight excluding hydrogens is 186 g/mol. The number of allylic oxidation sites excluding steroid dienone is 4. The third kappa shape index (κ3) is 10.6. The summed E-state index contributed by atoms with van der Waals surface area (Å²) in [7, 11) is 0. The highest BCUT2D eigenvalue weighted by molar-refractivity contribution is 5.88. The van der Waals surface area contributed by atoms with Gasteiger partial charge in [-0.15, -0.1) is 0 Å². The number of amides is 1.